The first kappa shape index (κ1) is 22.8. The molecule has 0 unspecified atom stereocenters. The van der Waals surface area contributed by atoms with Crippen LogP contribution in [0.5, 0.6) is 0 Å². The van der Waals surface area contributed by atoms with Crippen LogP contribution >= 0.6 is 19.4 Å². The van der Waals surface area contributed by atoms with Gasteiger partial charge in [-0.1, -0.05) is 6.92 Å². The molecule has 4 atom stereocenters. The summed E-state index contributed by atoms with van der Waals surface area (Å²) in [4.78, 5) is 12.5. The first-order valence-electron chi connectivity index (χ1n) is 9.51. The Balaban J connectivity index is 1.72. The molecule has 0 spiro atoms. The Labute approximate surface area is 183 Å². The molecule has 0 radical (unpaired) electrons. The molecule has 172 valence electrons. The van der Waals surface area contributed by atoms with Crippen molar-refractivity contribution in [3.63, 3.8) is 0 Å². The highest BCUT2D eigenvalue weighted by atomic mass is 35.5. The van der Waals surface area contributed by atoms with Gasteiger partial charge in [0.15, 0.2) is 17.3 Å². The van der Waals surface area contributed by atoms with Gasteiger partial charge in [0.1, 0.15) is 24.0 Å². The standard InChI is InChI=1S/C17H25ClN5O7P/c1-16(2)27-7-17(3)11(30-16)9(6-28-31(24,25-4)26-5)29-14(17)23-8-20-10-12(19)21-15(18)22-13(10)23/h8-9,11,14H,6-7H2,1-5H3,(H2,19,21,22)/t9-,11-,14-,17-/m1/s1. The smallest absolute Gasteiger partial charge is 0.382 e. The molecule has 4 heterocycles. The molecular weight excluding hydrogens is 453 g/mol. The fraction of sp³-hybridized carbons (Fsp3) is 0.706. The van der Waals surface area contributed by atoms with E-state index in [0.717, 1.165) is 0 Å². The minimum absolute atomic E-state index is 0.00950. The number of hydrogen-bond acceptors (Lipinski definition) is 11. The van der Waals surface area contributed by atoms with E-state index >= 15 is 0 Å². The Morgan fingerprint density at radius 3 is 2.71 bits per heavy atom. The maximum absolute atomic E-state index is 12.4. The number of aromatic nitrogens is 4. The number of ether oxygens (including phenoxy) is 3. The third-order valence-corrected chi connectivity index (χ3v) is 7.04. The Kier molecular flexibility index (Phi) is 5.81. The van der Waals surface area contributed by atoms with Crippen molar-refractivity contribution in [1.82, 2.24) is 19.5 Å². The van der Waals surface area contributed by atoms with Crippen LogP contribution in [-0.2, 0) is 32.3 Å². The van der Waals surface area contributed by atoms with Crippen LogP contribution in [-0.4, -0.2) is 64.9 Å². The van der Waals surface area contributed by atoms with E-state index in [1.807, 2.05) is 20.8 Å². The number of nitrogens with zero attached hydrogens (tertiary/aromatic N) is 4. The lowest BCUT2D eigenvalue weighted by molar-refractivity contribution is -0.314. The monoisotopic (exact) mass is 477 g/mol. The number of phosphoric acid groups is 1. The molecule has 0 aliphatic carbocycles. The van der Waals surface area contributed by atoms with Crippen LogP contribution < -0.4 is 5.73 Å². The second-order valence-corrected chi connectivity index (χ2v) is 10.3. The SMILES string of the molecule is COP(=O)(OC)OC[C@H]1O[C@@H](n2cnc3c(N)nc(Cl)nc32)[C@]2(C)COC(C)(C)O[C@H]12. The number of anilines is 1. The van der Waals surface area contributed by atoms with E-state index in [9.17, 15) is 4.57 Å². The lowest BCUT2D eigenvalue weighted by atomic mass is 9.81. The molecule has 2 fully saturated rings. The number of nitrogen functional groups attached to an aromatic ring is 1. The largest absolute Gasteiger partial charge is 0.474 e. The first-order chi connectivity index (χ1) is 14.5. The molecule has 2 aliphatic heterocycles. The van der Waals surface area contributed by atoms with Gasteiger partial charge in [-0.15, -0.1) is 0 Å². The van der Waals surface area contributed by atoms with E-state index in [-0.39, 0.29) is 17.7 Å². The summed E-state index contributed by atoms with van der Waals surface area (Å²) in [6, 6.07) is 0. The molecule has 2 saturated heterocycles. The summed E-state index contributed by atoms with van der Waals surface area (Å²) in [5, 5.41) is -0.00950. The molecule has 2 N–H and O–H groups in total. The van der Waals surface area contributed by atoms with Gasteiger partial charge in [-0.2, -0.15) is 9.97 Å². The minimum atomic E-state index is -3.71. The van der Waals surface area contributed by atoms with Gasteiger partial charge in [0.2, 0.25) is 5.28 Å². The molecule has 14 heteroatoms. The van der Waals surface area contributed by atoms with E-state index in [2.05, 4.69) is 15.0 Å². The number of nitrogens with two attached hydrogens (primary N) is 1. The zero-order valence-electron chi connectivity index (χ0n) is 17.8. The van der Waals surface area contributed by atoms with Crippen molar-refractivity contribution in [2.45, 2.75) is 45.0 Å². The Hall–Kier alpha value is -1.37. The van der Waals surface area contributed by atoms with Crippen LogP contribution in [0.15, 0.2) is 6.33 Å². The van der Waals surface area contributed by atoms with Crippen molar-refractivity contribution in [2.75, 3.05) is 33.2 Å². The summed E-state index contributed by atoms with van der Waals surface area (Å²) in [5.74, 6) is -0.688. The summed E-state index contributed by atoms with van der Waals surface area (Å²) >= 11 is 6.02. The van der Waals surface area contributed by atoms with Crippen LogP contribution in [0, 0.1) is 5.41 Å². The third kappa shape index (κ3) is 3.96. The molecule has 0 bridgehead atoms. The number of rotatable bonds is 6. The molecule has 2 aromatic rings. The van der Waals surface area contributed by atoms with E-state index in [1.54, 1.807) is 10.9 Å². The molecule has 0 aromatic carbocycles. The van der Waals surface area contributed by atoms with E-state index in [0.29, 0.717) is 17.8 Å². The number of imidazole rings is 1. The van der Waals surface area contributed by atoms with Gasteiger partial charge >= 0.3 is 7.82 Å². The van der Waals surface area contributed by atoms with Crippen molar-refractivity contribution in [1.29, 1.82) is 0 Å². The second kappa shape index (κ2) is 7.89. The number of halogens is 1. The fourth-order valence-electron chi connectivity index (χ4n) is 3.93. The highest BCUT2D eigenvalue weighted by Gasteiger charge is 2.60. The van der Waals surface area contributed by atoms with Gasteiger partial charge in [-0.3, -0.25) is 18.1 Å². The zero-order valence-corrected chi connectivity index (χ0v) is 19.4. The predicted octanol–water partition coefficient (Wildman–Crippen LogP) is 2.53. The van der Waals surface area contributed by atoms with E-state index < -0.39 is 37.5 Å². The Morgan fingerprint density at radius 2 is 2.03 bits per heavy atom. The lowest BCUT2D eigenvalue weighted by Gasteiger charge is -2.45. The molecular formula is C17H25ClN5O7P. The van der Waals surface area contributed by atoms with Gasteiger partial charge in [-0.05, 0) is 25.4 Å². The maximum Gasteiger partial charge on any atom is 0.474 e. The van der Waals surface area contributed by atoms with Gasteiger partial charge in [-0.25, -0.2) is 9.55 Å². The fourth-order valence-corrected chi connectivity index (χ4v) is 4.79. The predicted molar refractivity (Wildman–Crippen MR) is 109 cm³/mol. The number of fused-ring (bicyclic) bond motifs is 2. The first-order valence-corrected chi connectivity index (χ1v) is 11.3. The quantitative estimate of drug-likeness (QED) is 0.484. The summed E-state index contributed by atoms with van der Waals surface area (Å²) in [7, 11) is -1.22. The lowest BCUT2D eigenvalue weighted by Crippen LogP contribution is -2.54. The van der Waals surface area contributed by atoms with Crippen LogP contribution in [0.1, 0.15) is 27.0 Å². The molecule has 4 rings (SSSR count). The van der Waals surface area contributed by atoms with Gasteiger partial charge in [0.25, 0.3) is 0 Å². The third-order valence-electron chi connectivity index (χ3n) is 5.51. The van der Waals surface area contributed by atoms with Crippen LogP contribution in [0.25, 0.3) is 11.2 Å². The average molecular weight is 478 g/mol. The van der Waals surface area contributed by atoms with Gasteiger partial charge in [0, 0.05) is 14.2 Å². The highest BCUT2D eigenvalue weighted by molar-refractivity contribution is 7.48. The van der Waals surface area contributed by atoms with Gasteiger partial charge in [0.05, 0.1) is 25.0 Å². The van der Waals surface area contributed by atoms with Crippen molar-refractivity contribution in [2.24, 2.45) is 5.41 Å². The second-order valence-electron chi connectivity index (χ2n) is 8.07. The van der Waals surface area contributed by atoms with Crippen molar-refractivity contribution in [3.05, 3.63) is 11.6 Å². The topological polar surface area (TPSA) is 142 Å². The van der Waals surface area contributed by atoms with E-state index in [4.69, 9.17) is 45.1 Å². The molecule has 2 aliphatic rings. The molecule has 0 amide bonds. The highest BCUT2D eigenvalue weighted by Crippen LogP contribution is 2.54. The number of phosphoric ester groups is 1. The molecule has 2 aromatic heterocycles. The van der Waals surface area contributed by atoms with Crippen LogP contribution in [0.3, 0.4) is 0 Å². The average Bonchev–Trinajstić information content (AvgIpc) is 3.25. The van der Waals surface area contributed by atoms with E-state index in [1.165, 1.54) is 14.2 Å². The molecule has 0 saturated carbocycles. The normalized spacial score (nSPS) is 30.6. The molecule has 31 heavy (non-hydrogen) atoms. The van der Waals surface area contributed by atoms with Crippen LogP contribution in [0.2, 0.25) is 5.28 Å². The Morgan fingerprint density at radius 1 is 1.32 bits per heavy atom. The summed E-state index contributed by atoms with van der Waals surface area (Å²) in [5.41, 5.74) is 6.08. The Bertz CT molecular complexity index is 1030. The van der Waals surface area contributed by atoms with Crippen LogP contribution in [0.4, 0.5) is 5.82 Å². The number of hydrogen-bond donors (Lipinski definition) is 1. The van der Waals surface area contributed by atoms with Gasteiger partial charge < -0.3 is 19.9 Å². The molecule has 12 nitrogen and oxygen atoms in total. The van der Waals surface area contributed by atoms with Crippen molar-refractivity contribution >= 4 is 36.4 Å². The van der Waals surface area contributed by atoms with Crippen molar-refractivity contribution in [3.8, 4) is 0 Å². The summed E-state index contributed by atoms with van der Waals surface area (Å²) in [6.07, 6.45) is -0.168. The summed E-state index contributed by atoms with van der Waals surface area (Å²) < 4.78 is 47.8. The van der Waals surface area contributed by atoms with Crippen molar-refractivity contribution < 1.29 is 32.3 Å². The maximum atomic E-state index is 12.4. The summed E-state index contributed by atoms with van der Waals surface area (Å²) in [6.45, 7) is 5.80. The minimum Gasteiger partial charge on any atom is -0.382 e. The zero-order chi connectivity index (χ0) is 22.6.